The Morgan fingerprint density at radius 1 is 1.03 bits per heavy atom. The molecule has 37 heavy (non-hydrogen) atoms. The number of nitrogens with zero attached hydrogens (tertiary/aromatic N) is 2. The highest BCUT2D eigenvalue weighted by atomic mass is 16.5. The van der Waals surface area contributed by atoms with Crippen molar-refractivity contribution in [2.24, 2.45) is 0 Å². The summed E-state index contributed by atoms with van der Waals surface area (Å²) in [5.41, 5.74) is 5.54. The SMILES string of the molecule is COc1ccc2[nH]c3c(c2c1)CN(C(=O)CN1Cc2ccccc2OC(c2ccccc2OC)C1)CC3. The van der Waals surface area contributed by atoms with E-state index in [-0.39, 0.29) is 12.0 Å². The number of benzene rings is 3. The maximum absolute atomic E-state index is 13.6. The third kappa shape index (κ3) is 4.51. The molecule has 6 rings (SSSR count). The summed E-state index contributed by atoms with van der Waals surface area (Å²) in [6.07, 6.45) is 0.565. The number of fused-ring (bicyclic) bond motifs is 4. The van der Waals surface area contributed by atoms with E-state index in [0.29, 0.717) is 32.7 Å². The minimum Gasteiger partial charge on any atom is -0.497 e. The average Bonchev–Trinajstić information content (AvgIpc) is 3.19. The van der Waals surface area contributed by atoms with Crippen LogP contribution in [0.15, 0.2) is 66.7 Å². The van der Waals surface area contributed by atoms with Crippen LogP contribution in [-0.2, 0) is 24.3 Å². The summed E-state index contributed by atoms with van der Waals surface area (Å²) >= 11 is 0. The molecule has 0 bridgehead atoms. The van der Waals surface area contributed by atoms with Crippen LogP contribution in [0.5, 0.6) is 17.2 Å². The van der Waals surface area contributed by atoms with Crippen molar-refractivity contribution in [3.63, 3.8) is 0 Å². The van der Waals surface area contributed by atoms with Gasteiger partial charge in [0.15, 0.2) is 0 Å². The number of aromatic amines is 1. The number of nitrogens with one attached hydrogen (secondary N) is 1. The van der Waals surface area contributed by atoms with Gasteiger partial charge in [-0.1, -0.05) is 36.4 Å². The van der Waals surface area contributed by atoms with E-state index in [0.717, 1.165) is 45.7 Å². The molecule has 190 valence electrons. The topological polar surface area (TPSA) is 67.0 Å². The molecule has 7 nitrogen and oxygen atoms in total. The largest absolute Gasteiger partial charge is 0.497 e. The second kappa shape index (κ2) is 9.82. The molecular formula is C30H31N3O4. The quantitative estimate of drug-likeness (QED) is 0.433. The molecule has 3 heterocycles. The molecule has 1 aromatic heterocycles. The fourth-order valence-corrected chi connectivity index (χ4v) is 5.52. The lowest BCUT2D eigenvalue weighted by molar-refractivity contribution is -0.133. The molecule has 0 saturated heterocycles. The van der Waals surface area contributed by atoms with E-state index >= 15 is 0 Å². The summed E-state index contributed by atoms with van der Waals surface area (Å²) in [5.74, 6) is 2.59. The Balaban J connectivity index is 1.24. The number of hydrogen-bond acceptors (Lipinski definition) is 5. The maximum Gasteiger partial charge on any atom is 0.237 e. The molecule has 3 aromatic carbocycles. The number of amides is 1. The minimum atomic E-state index is -0.248. The molecule has 1 atom stereocenters. The van der Waals surface area contributed by atoms with Crippen molar-refractivity contribution in [2.45, 2.75) is 25.6 Å². The number of para-hydroxylation sites is 2. The van der Waals surface area contributed by atoms with Gasteiger partial charge in [-0.05, 0) is 30.3 Å². The van der Waals surface area contributed by atoms with Gasteiger partial charge < -0.3 is 24.1 Å². The number of ether oxygens (including phenoxy) is 3. The van der Waals surface area contributed by atoms with Crippen LogP contribution in [0.25, 0.3) is 10.9 Å². The molecule has 1 unspecified atom stereocenters. The number of H-pyrrole nitrogens is 1. The molecule has 0 radical (unpaired) electrons. The summed E-state index contributed by atoms with van der Waals surface area (Å²) < 4.78 is 17.6. The van der Waals surface area contributed by atoms with Crippen molar-refractivity contribution in [3.8, 4) is 17.2 Å². The molecule has 7 heteroatoms. The second-order valence-electron chi connectivity index (χ2n) is 9.68. The summed E-state index contributed by atoms with van der Waals surface area (Å²) in [6, 6.07) is 22.1. The van der Waals surface area contributed by atoms with Gasteiger partial charge in [0.1, 0.15) is 23.4 Å². The monoisotopic (exact) mass is 497 g/mol. The van der Waals surface area contributed by atoms with Crippen molar-refractivity contribution < 1.29 is 19.0 Å². The van der Waals surface area contributed by atoms with Crippen LogP contribution >= 0.6 is 0 Å². The van der Waals surface area contributed by atoms with E-state index in [1.165, 1.54) is 11.3 Å². The van der Waals surface area contributed by atoms with Crippen LogP contribution in [-0.4, -0.2) is 54.5 Å². The predicted molar refractivity (Wildman–Crippen MR) is 142 cm³/mol. The van der Waals surface area contributed by atoms with Gasteiger partial charge in [0.05, 0.1) is 20.8 Å². The first-order valence-corrected chi connectivity index (χ1v) is 12.7. The highest BCUT2D eigenvalue weighted by Gasteiger charge is 2.30. The van der Waals surface area contributed by atoms with Crippen LogP contribution in [0.3, 0.4) is 0 Å². The number of methoxy groups -OCH3 is 2. The van der Waals surface area contributed by atoms with Gasteiger partial charge >= 0.3 is 0 Å². The maximum atomic E-state index is 13.6. The molecule has 0 saturated carbocycles. The molecule has 1 N–H and O–H groups in total. The molecule has 0 spiro atoms. The van der Waals surface area contributed by atoms with E-state index in [2.05, 4.69) is 22.0 Å². The van der Waals surface area contributed by atoms with Crippen LogP contribution in [0.1, 0.15) is 28.5 Å². The molecule has 0 aliphatic carbocycles. The van der Waals surface area contributed by atoms with Crippen molar-refractivity contribution in [2.75, 3.05) is 33.9 Å². The number of carbonyl (C=O) groups is 1. The first-order chi connectivity index (χ1) is 18.1. The lowest BCUT2D eigenvalue weighted by Gasteiger charge is -2.30. The predicted octanol–water partition coefficient (Wildman–Crippen LogP) is 4.71. The van der Waals surface area contributed by atoms with Crippen LogP contribution < -0.4 is 14.2 Å². The molecule has 2 aliphatic heterocycles. The Hall–Kier alpha value is -3.97. The Morgan fingerprint density at radius 2 is 1.86 bits per heavy atom. The number of hydrogen-bond donors (Lipinski definition) is 1. The van der Waals surface area contributed by atoms with Gasteiger partial charge in [-0.25, -0.2) is 0 Å². The van der Waals surface area contributed by atoms with E-state index in [1.54, 1.807) is 14.2 Å². The van der Waals surface area contributed by atoms with Crippen molar-refractivity contribution in [3.05, 3.63) is 89.1 Å². The van der Waals surface area contributed by atoms with Gasteiger partial charge in [-0.15, -0.1) is 0 Å². The van der Waals surface area contributed by atoms with E-state index in [9.17, 15) is 4.79 Å². The lowest BCUT2D eigenvalue weighted by atomic mass is 10.0. The number of carbonyl (C=O) groups excluding carboxylic acids is 1. The fraction of sp³-hybridized carbons (Fsp3) is 0.300. The second-order valence-corrected chi connectivity index (χ2v) is 9.68. The smallest absolute Gasteiger partial charge is 0.237 e. The van der Waals surface area contributed by atoms with Crippen molar-refractivity contribution >= 4 is 16.8 Å². The third-order valence-electron chi connectivity index (χ3n) is 7.44. The first kappa shape index (κ1) is 23.4. The number of rotatable bonds is 5. The third-order valence-corrected chi connectivity index (χ3v) is 7.44. The van der Waals surface area contributed by atoms with Crippen LogP contribution in [0, 0.1) is 0 Å². The molecule has 2 aliphatic rings. The zero-order chi connectivity index (χ0) is 25.4. The fourth-order valence-electron chi connectivity index (χ4n) is 5.52. The van der Waals surface area contributed by atoms with Gasteiger partial charge in [-0.2, -0.15) is 0 Å². The summed E-state index contributed by atoms with van der Waals surface area (Å²) in [6.45, 7) is 2.86. The van der Waals surface area contributed by atoms with Gasteiger partial charge in [-0.3, -0.25) is 9.69 Å². The van der Waals surface area contributed by atoms with Crippen molar-refractivity contribution in [1.29, 1.82) is 0 Å². The molecule has 1 amide bonds. The van der Waals surface area contributed by atoms with E-state index in [4.69, 9.17) is 14.2 Å². The standard InChI is InChI=1S/C30H31N3O4/c1-35-21-11-12-25-23(15-21)24-17-33(14-13-26(24)31-25)30(34)19-32-16-20-7-3-5-9-27(20)37-29(18-32)22-8-4-6-10-28(22)36-2/h3-12,15,29,31H,13-14,16-19H2,1-2H3. The van der Waals surface area contributed by atoms with Gasteiger partial charge in [0.2, 0.25) is 5.91 Å². The summed E-state index contributed by atoms with van der Waals surface area (Å²) in [7, 11) is 3.35. The Labute approximate surface area is 216 Å². The van der Waals surface area contributed by atoms with Gasteiger partial charge in [0.25, 0.3) is 0 Å². The highest BCUT2D eigenvalue weighted by molar-refractivity contribution is 5.87. The normalized spacial score (nSPS) is 17.5. The molecule has 4 aromatic rings. The summed E-state index contributed by atoms with van der Waals surface area (Å²) in [5, 5.41) is 1.13. The van der Waals surface area contributed by atoms with E-state index < -0.39 is 0 Å². The van der Waals surface area contributed by atoms with E-state index in [1.807, 2.05) is 59.5 Å². The molecule has 0 fully saturated rings. The zero-order valence-electron chi connectivity index (χ0n) is 21.2. The minimum absolute atomic E-state index is 0.126. The average molecular weight is 498 g/mol. The Bertz CT molecular complexity index is 1450. The summed E-state index contributed by atoms with van der Waals surface area (Å²) in [4.78, 5) is 21.3. The first-order valence-electron chi connectivity index (χ1n) is 12.7. The lowest BCUT2D eigenvalue weighted by Crippen LogP contribution is -2.43. The zero-order valence-corrected chi connectivity index (χ0v) is 21.2. The van der Waals surface area contributed by atoms with Crippen LogP contribution in [0.2, 0.25) is 0 Å². The Kier molecular flexibility index (Phi) is 6.22. The van der Waals surface area contributed by atoms with Gasteiger partial charge in [0, 0.05) is 65.9 Å². The van der Waals surface area contributed by atoms with Crippen LogP contribution in [0.4, 0.5) is 0 Å². The highest BCUT2D eigenvalue weighted by Crippen LogP contribution is 2.35. The number of aromatic nitrogens is 1. The Morgan fingerprint density at radius 3 is 2.73 bits per heavy atom. The molecular weight excluding hydrogens is 466 g/mol. The van der Waals surface area contributed by atoms with Crippen molar-refractivity contribution in [1.82, 2.24) is 14.8 Å².